The molecule has 2 amide bonds. The molecule has 0 heterocycles. The third-order valence-electron chi connectivity index (χ3n) is 7.13. The van der Waals surface area contributed by atoms with Gasteiger partial charge >= 0.3 is 0 Å². The molecule has 0 saturated carbocycles. The lowest BCUT2D eigenvalue weighted by atomic mass is 10.0. The number of sulfonamides is 1. The van der Waals surface area contributed by atoms with Crippen LogP contribution in [-0.4, -0.2) is 50.4 Å². The van der Waals surface area contributed by atoms with Gasteiger partial charge in [-0.15, -0.1) is 0 Å². The molecule has 4 aromatic carbocycles. The van der Waals surface area contributed by atoms with Crippen molar-refractivity contribution in [3.8, 4) is 5.75 Å². The Balaban J connectivity index is 1.83. The molecular formula is C35H36Cl3N3O5S. The Morgan fingerprint density at radius 3 is 2.11 bits per heavy atom. The standard InChI is InChI=1S/C35H36Cl3N3O5S/c1-35(2,3)39-34(43)32(20-24-9-6-5-7-10-24)40(22-25-13-18-30(37)31(38)19-25)33(42)23-41(27-12-8-11-26(36)21-27)47(44,45)29-16-14-28(46-4)15-17-29/h5-19,21,32H,20,22-23H2,1-4H3,(H,39,43). The molecule has 47 heavy (non-hydrogen) atoms. The molecule has 4 aromatic rings. The van der Waals surface area contributed by atoms with Gasteiger partial charge in [0.25, 0.3) is 10.0 Å². The maximum atomic E-state index is 14.6. The topological polar surface area (TPSA) is 96.0 Å². The number of rotatable bonds is 12. The SMILES string of the molecule is COc1ccc(S(=O)(=O)N(CC(=O)N(Cc2ccc(Cl)c(Cl)c2)C(Cc2ccccc2)C(=O)NC(C)(C)C)c2cccc(Cl)c2)cc1. The fourth-order valence-electron chi connectivity index (χ4n) is 4.88. The van der Waals surface area contributed by atoms with Crippen molar-refractivity contribution in [2.24, 2.45) is 0 Å². The summed E-state index contributed by atoms with van der Waals surface area (Å²) < 4.78 is 34.6. The van der Waals surface area contributed by atoms with Gasteiger partial charge in [-0.2, -0.15) is 0 Å². The average Bonchev–Trinajstić information content (AvgIpc) is 3.02. The van der Waals surface area contributed by atoms with Crippen molar-refractivity contribution in [3.05, 3.63) is 123 Å². The molecule has 1 unspecified atom stereocenters. The molecule has 1 atom stereocenters. The largest absolute Gasteiger partial charge is 0.497 e. The van der Waals surface area contributed by atoms with Gasteiger partial charge in [-0.1, -0.05) is 77.3 Å². The Kier molecular flexibility index (Phi) is 11.8. The Labute approximate surface area is 291 Å². The lowest BCUT2D eigenvalue weighted by Crippen LogP contribution is -2.56. The number of hydrogen-bond acceptors (Lipinski definition) is 5. The number of anilines is 1. The number of nitrogens with one attached hydrogen (secondary N) is 1. The van der Waals surface area contributed by atoms with E-state index in [1.54, 1.807) is 36.4 Å². The van der Waals surface area contributed by atoms with Gasteiger partial charge in [0.05, 0.1) is 27.7 Å². The molecule has 248 valence electrons. The molecular weight excluding hydrogens is 681 g/mol. The van der Waals surface area contributed by atoms with E-state index in [1.807, 2.05) is 51.1 Å². The monoisotopic (exact) mass is 715 g/mol. The maximum Gasteiger partial charge on any atom is 0.264 e. The number of carbonyl (C=O) groups excluding carboxylic acids is 2. The van der Waals surface area contributed by atoms with Crippen molar-refractivity contribution in [2.45, 2.75) is 50.2 Å². The molecule has 0 fully saturated rings. The summed E-state index contributed by atoms with van der Waals surface area (Å²) in [6.45, 7) is 4.84. The van der Waals surface area contributed by atoms with Crippen LogP contribution in [0.5, 0.6) is 5.75 Å². The van der Waals surface area contributed by atoms with E-state index in [0.717, 1.165) is 9.87 Å². The van der Waals surface area contributed by atoms with Gasteiger partial charge in [0.1, 0.15) is 18.3 Å². The number of methoxy groups -OCH3 is 1. The molecule has 0 aromatic heterocycles. The van der Waals surface area contributed by atoms with Crippen LogP contribution >= 0.6 is 34.8 Å². The van der Waals surface area contributed by atoms with Crippen LogP contribution in [-0.2, 0) is 32.6 Å². The molecule has 0 spiro atoms. The first-order chi connectivity index (χ1) is 22.2. The van der Waals surface area contributed by atoms with Crippen molar-refractivity contribution < 1.29 is 22.7 Å². The minimum atomic E-state index is -4.31. The number of nitrogens with zero attached hydrogens (tertiary/aromatic N) is 2. The van der Waals surface area contributed by atoms with Gasteiger partial charge in [-0.05, 0) is 86.5 Å². The summed E-state index contributed by atoms with van der Waals surface area (Å²) in [4.78, 5) is 29.9. The highest BCUT2D eigenvalue weighted by Gasteiger charge is 2.35. The summed E-state index contributed by atoms with van der Waals surface area (Å²) in [5, 5.41) is 3.89. The van der Waals surface area contributed by atoms with Crippen molar-refractivity contribution in [1.29, 1.82) is 0 Å². The number of ether oxygens (including phenoxy) is 1. The number of hydrogen-bond donors (Lipinski definition) is 1. The number of benzene rings is 4. The van der Waals surface area contributed by atoms with Crippen molar-refractivity contribution >= 4 is 62.3 Å². The first-order valence-corrected chi connectivity index (χ1v) is 17.3. The Hall–Kier alpha value is -3.76. The summed E-state index contributed by atoms with van der Waals surface area (Å²) in [5.41, 5.74) is 0.970. The molecule has 0 aliphatic carbocycles. The maximum absolute atomic E-state index is 14.6. The summed E-state index contributed by atoms with van der Waals surface area (Å²) in [5.74, 6) is -0.559. The summed E-state index contributed by atoms with van der Waals surface area (Å²) in [6.07, 6.45) is 0.165. The molecule has 8 nitrogen and oxygen atoms in total. The molecule has 0 saturated heterocycles. The quantitative estimate of drug-likeness (QED) is 0.165. The fraction of sp³-hybridized carbons (Fsp3) is 0.257. The van der Waals surface area contributed by atoms with Gasteiger partial charge in [-0.3, -0.25) is 13.9 Å². The fourth-order valence-corrected chi connectivity index (χ4v) is 6.79. The van der Waals surface area contributed by atoms with Crippen molar-refractivity contribution in [1.82, 2.24) is 10.2 Å². The first kappa shape index (κ1) is 36.1. The smallest absolute Gasteiger partial charge is 0.264 e. The number of halogens is 3. The molecule has 0 aliphatic heterocycles. The number of carbonyl (C=O) groups is 2. The summed E-state index contributed by atoms with van der Waals surface area (Å²) in [6, 6.07) is 25.3. The van der Waals surface area contributed by atoms with E-state index in [9.17, 15) is 18.0 Å². The van der Waals surface area contributed by atoms with E-state index in [4.69, 9.17) is 39.5 Å². The Bertz CT molecular complexity index is 1810. The van der Waals surface area contributed by atoms with Crippen LogP contribution in [0.1, 0.15) is 31.9 Å². The zero-order valence-electron chi connectivity index (χ0n) is 26.4. The van der Waals surface area contributed by atoms with Crippen LogP contribution < -0.4 is 14.4 Å². The van der Waals surface area contributed by atoms with E-state index in [2.05, 4.69) is 5.32 Å². The molecule has 12 heteroatoms. The van der Waals surface area contributed by atoms with Gasteiger partial charge < -0.3 is 15.0 Å². The van der Waals surface area contributed by atoms with Crippen molar-refractivity contribution in [2.75, 3.05) is 18.0 Å². The predicted octanol–water partition coefficient (Wildman–Crippen LogP) is 7.41. The highest BCUT2D eigenvalue weighted by atomic mass is 35.5. The molecule has 4 rings (SSSR count). The summed E-state index contributed by atoms with van der Waals surface area (Å²) in [7, 11) is -2.83. The molecule has 0 radical (unpaired) electrons. The van der Waals surface area contributed by atoms with E-state index >= 15 is 0 Å². The molecule has 0 aliphatic rings. The predicted molar refractivity (Wildman–Crippen MR) is 188 cm³/mol. The molecule has 0 bridgehead atoms. The third kappa shape index (κ3) is 9.64. The third-order valence-corrected chi connectivity index (χ3v) is 9.89. The average molecular weight is 717 g/mol. The van der Waals surface area contributed by atoms with Crippen LogP contribution in [0.3, 0.4) is 0 Å². The second kappa shape index (κ2) is 15.4. The minimum Gasteiger partial charge on any atom is -0.497 e. The highest BCUT2D eigenvalue weighted by Crippen LogP contribution is 2.29. The van der Waals surface area contributed by atoms with Gasteiger partial charge in [0.2, 0.25) is 11.8 Å². The lowest BCUT2D eigenvalue weighted by Gasteiger charge is -2.35. The van der Waals surface area contributed by atoms with E-state index in [1.165, 1.54) is 42.3 Å². The first-order valence-electron chi connectivity index (χ1n) is 14.7. The highest BCUT2D eigenvalue weighted by molar-refractivity contribution is 7.92. The Morgan fingerprint density at radius 2 is 1.51 bits per heavy atom. The van der Waals surface area contributed by atoms with Gasteiger partial charge in [0, 0.05) is 23.5 Å². The van der Waals surface area contributed by atoms with Crippen LogP contribution in [0, 0.1) is 0 Å². The van der Waals surface area contributed by atoms with Gasteiger partial charge in [-0.25, -0.2) is 8.42 Å². The van der Waals surface area contributed by atoms with Crippen LogP contribution in [0.2, 0.25) is 15.1 Å². The van der Waals surface area contributed by atoms with E-state index in [0.29, 0.717) is 16.3 Å². The van der Waals surface area contributed by atoms with Crippen molar-refractivity contribution in [3.63, 3.8) is 0 Å². The van der Waals surface area contributed by atoms with Gasteiger partial charge in [0.15, 0.2) is 0 Å². The zero-order valence-corrected chi connectivity index (χ0v) is 29.5. The normalized spacial score (nSPS) is 12.2. The van der Waals surface area contributed by atoms with Crippen LogP contribution in [0.15, 0.2) is 102 Å². The Morgan fingerprint density at radius 1 is 0.830 bits per heavy atom. The second-order valence-corrected chi connectivity index (χ2v) is 15.0. The summed E-state index contributed by atoms with van der Waals surface area (Å²) >= 11 is 18.8. The minimum absolute atomic E-state index is 0.0588. The van der Waals surface area contributed by atoms with E-state index < -0.39 is 40.0 Å². The van der Waals surface area contributed by atoms with E-state index in [-0.39, 0.29) is 33.6 Å². The second-order valence-electron chi connectivity index (χ2n) is 11.9. The number of amides is 2. The molecule has 1 N–H and O–H groups in total. The van der Waals surface area contributed by atoms with Crippen LogP contribution in [0.25, 0.3) is 0 Å². The van der Waals surface area contributed by atoms with Crippen LogP contribution in [0.4, 0.5) is 5.69 Å². The zero-order chi connectivity index (χ0) is 34.4. The lowest BCUT2D eigenvalue weighted by molar-refractivity contribution is -0.140.